The number of aromatic nitrogens is 3. The van der Waals surface area contributed by atoms with E-state index in [-0.39, 0.29) is 11.3 Å². The molecule has 0 spiro atoms. The molecule has 2 aromatic heterocycles. The van der Waals surface area contributed by atoms with Gasteiger partial charge in [-0.15, -0.1) is 0 Å². The molecule has 2 heterocycles. The van der Waals surface area contributed by atoms with E-state index < -0.39 is 11.9 Å². The van der Waals surface area contributed by atoms with Crippen LogP contribution in [0.15, 0.2) is 30.6 Å². The number of carboxylic acid groups (broad SMARTS) is 2. The van der Waals surface area contributed by atoms with E-state index in [1.165, 1.54) is 16.9 Å². The van der Waals surface area contributed by atoms with Gasteiger partial charge in [-0.05, 0) is 12.1 Å². The number of rotatable bonds is 3. The molecule has 0 bridgehead atoms. The van der Waals surface area contributed by atoms with Gasteiger partial charge in [-0.1, -0.05) is 0 Å². The molecule has 0 fully saturated rings. The largest absolute Gasteiger partial charge is 0.478 e. The molecule has 0 saturated heterocycles. The van der Waals surface area contributed by atoms with Gasteiger partial charge in [0.05, 0.1) is 17.5 Å². The van der Waals surface area contributed by atoms with Crippen LogP contribution in [0, 0.1) is 0 Å². The summed E-state index contributed by atoms with van der Waals surface area (Å²) in [6.45, 7) is 0. The number of carboxylic acids is 2. The van der Waals surface area contributed by atoms with E-state index in [2.05, 4.69) is 10.1 Å². The zero-order valence-electron chi connectivity index (χ0n) is 8.44. The predicted octanol–water partition coefficient (Wildman–Crippen LogP) is 0.282. The normalized spacial score (nSPS) is 11.6. The SMILES string of the molecule is O=C(O)/C=C(/C(=O)O)c1cn2ncccc2n1. The minimum Gasteiger partial charge on any atom is -0.478 e. The van der Waals surface area contributed by atoms with Crippen LogP contribution >= 0.6 is 0 Å². The summed E-state index contributed by atoms with van der Waals surface area (Å²) >= 11 is 0. The molecule has 0 unspecified atom stereocenters. The molecule has 0 aliphatic rings. The number of hydrogen-bond donors (Lipinski definition) is 2. The summed E-state index contributed by atoms with van der Waals surface area (Å²) < 4.78 is 1.37. The van der Waals surface area contributed by atoms with E-state index >= 15 is 0 Å². The van der Waals surface area contributed by atoms with Crippen LogP contribution in [-0.4, -0.2) is 36.7 Å². The van der Waals surface area contributed by atoms with Crippen LogP contribution in [0.1, 0.15) is 5.69 Å². The monoisotopic (exact) mass is 233 g/mol. The first-order valence-corrected chi connectivity index (χ1v) is 4.56. The maximum atomic E-state index is 10.9. The number of imidazole rings is 1. The smallest absolute Gasteiger partial charge is 0.338 e. The molecule has 2 N–H and O–H groups in total. The fourth-order valence-electron chi connectivity index (χ4n) is 1.33. The lowest BCUT2D eigenvalue weighted by atomic mass is 10.2. The average molecular weight is 233 g/mol. The second kappa shape index (κ2) is 4.05. The van der Waals surface area contributed by atoms with E-state index in [4.69, 9.17) is 10.2 Å². The molecular formula is C10H7N3O4. The van der Waals surface area contributed by atoms with Gasteiger partial charge in [-0.2, -0.15) is 5.10 Å². The van der Waals surface area contributed by atoms with Crippen molar-refractivity contribution in [3.8, 4) is 0 Å². The molecule has 7 nitrogen and oxygen atoms in total. The van der Waals surface area contributed by atoms with Crippen molar-refractivity contribution in [3.63, 3.8) is 0 Å². The van der Waals surface area contributed by atoms with E-state index in [0.29, 0.717) is 11.7 Å². The Morgan fingerprint density at radius 3 is 2.71 bits per heavy atom. The Kier molecular flexibility index (Phi) is 2.57. The summed E-state index contributed by atoms with van der Waals surface area (Å²) in [4.78, 5) is 25.4. The summed E-state index contributed by atoms with van der Waals surface area (Å²) in [7, 11) is 0. The van der Waals surface area contributed by atoms with E-state index in [9.17, 15) is 9.59 Å². The molecule has 7 heteroatoms. The number of hydrogen-bond acceptors (Lipinski definition) is 4. The molecule has 2 rings (SSSR count). The standard InChI is InChI=1S/C10H7N3O4/c14-9(15)4-6(10(16)17)7-5-13-8(12-7)2-1-3-11-13/h1-5H,(H,14,15)(H,16,17)/b6-4+. The van der Waals surface area contributed by atoms with E-state index in [1.54, 1.807) is 12.1 Å². The Bertz CT molecular complexity index is 596. The topological polar surface area (TPSA) is 105 Å². The van der Waals surface area contributed by atoms with Crippen molar-refractivity contribution in [3.05, 3.63) is 36.3 Å². The van der Waals surface area contributed by atoms with Gasteiger partial charge in [0.1, 0.15) is 0 Å². The third kappa shape index (κ3) is 2.12. The molecule has 0 radical (unpaired) electrons. The van der Waals surface area contributed by atoms with Crippen LogP contribution in [0.2, 0.25) is 0 Å². The highest BCUT2D eigenvalue weighted by atomic mass is 16.4. The zero-order valence-corrected chi connectivity index (χ0v) is 8.44. The van der Waals surface area contributed by atoms with Crippen molar-refractivity contribution >= 4 is 23.2 Å². The number of aliphatic carboxylic acids is 2. The van der Waals surface area contributed by atoms with Crippen molar-refractivity contribution in [2.75, 3.05) is 0 Å². The van der Waals surface area contributed by atoms with E-state index in [1.807, 2.05) is 0 Å². The first-order valence-electron chi connectivity index (χ1n) is 4.56. The lowest BCUT2D eigenvalue weighted by molar-refractivity contribution is -0.133. The van der Waals surface area contributed by atoms with Gasteiger partial charge in [0, 0.05) is 12.3 Å². The Labute approximate surface area is 94.6 Å². The minimum atomic E-state index is -1.35. The third-order valence-electron chi connectivity index (χ3n) is 2.01. The van der Waals surface area contributed by atoms with Gasteiger partial charge in [0.25, 0.3) is 0 Å². The maximum Gasteiger partial charge on any atom is 0.338 e. The van der Waals surface area contributed by atoms with Gasteiger partial charge in [0.15, 0.2) is 5.65 Å². The Morgan fingerprint density at radius 1 is 1.35 bits per heavy atom. The number of nitrogens with zero attached hydrogens (tertiary/aromatic N) is 3. The summed E-state index contributed by atoms with van der Waals surface area (Å²) in [5, 5.41) is 21.4. The maximum absolute atomic E-state index is 10.9. The van der Waals surface area contributed by atoms with Crippen LogP contribution in [0.5, 0.6) is 0 Å². The predicted molar refractivity (Wildman–Crippen MR) is 56.2 cm³/mol. The molecule has 0 saturated carbocycles. The quantitative estimate of drug-likeness (QED) is 0.738. The van der Waals surface area contributed by atoms with E-state index in [0.717, 1.165) is 0 Å². The van der Waals surface area contributed by atoms with Crippen LogP contribution in [0.3, 0.4) is 0 Å². The summed E-state index contributed by atoms with van der Waals surface area (Å²) in [5.41, 5.74) is 0.113. The zero-order chi connectivity index (χ0) is 12.4. The van der Waals surface area contributed by atoms with Crippen molar-refractivity contribution in [1.29, 1.82) is 0 Å². The van der Waals surface area contributed by atoms with Gasteiger partial charge >= 0.3 is 11.9 Å². The van der Waals surface area contributed by atoms with Crippen LogP contribution in [0.4, 0.5) is 0 Å². The minimum absolute atomic E-state index is 0.0543. The number of fused-ring (bicyclic) bond motifs is 1. The highest BCUT2D eigenvalue weighted by Crippen LogP contribution is 2.14. The fraction of sp³-hybridized carbons (Fsp3) is 0. The highest BCUT2D eigenvalue weighted by molar-refractivity contribution is 6.18. The first-order chi connectivity index (χ1) is 8.08. The molecule has 2 aromatic rings. The second-order valence-electron chi connectivity index (χ2n) is 3.15. The van der Waals surface area contributed by atoms with Crippen molar-refractivity contribution < 1.29 is 19.8 Å². The van der Waals surface area contributed by atoms with Crippen LogP contribution < -0.4 is 0 Å². The van der Waals surface area contributed by atoms with Gasteiger partial charge in [-0.25, -0.2) is 19.1 Å². The van der Waals surface area contributed by atoms with Crippen molar-refractivity contribution in [2.45, 2.75) is 0 Å². The molecule has 86 valence electrons. The lowest BCUT2D eigenvalue weighted by Gasteiger charge is -1.94. The summed E-state index contributed by atoms with van der Waals surface area (Å²) in [6.07, 6.45) is 3.47. The molecule has 0 aliphatic heterocycles. The Morgan fingerprint density at radius 2 is 2.12 bits per heavy atom. The highest BCUT2D eigenvalue weighted by Gasteiger charge is 2.16. The van der Waals surface area contributed by atoms with Crippen LogP contribution in [0.25, 0.3) is 11.2 Å². The molecular weight excluding hydrogens is 226 g/mol. The van der Waals surface area contributed by atoms with Gasteiger partial charge in [-0.3, -0.25) is 0 Å². The average Bonchev–Trinajstić information content (AvgIpc) is 2.68. The summed E-state index contributed by atoms with van der Waals surface area (Å²) in [5.74, 6) is -2.69. The third-order valence-corrected chi connectivity index (χ3v) is 2.01. The first kappa shape index (κ1) is 10.8. The summed E-state index contributed by atoms with van der Waals surface area (Å²) in [6, 6.07) is 3.28. The molecule has 0 aliphatic carbocycles. The Balaban J connectivity index is 2.57. The molecule has 0 atom stereocenters. The van der Waals surface area contributed by atoms with Gasteiger partial charge in [0.2, 0.25) is 0 Å². The number of carbonyl (C=O) groups is 2. The lowest BCUT2D eigenvalue weighted by Crippen LogP contribution is -2.03. The molecule has 0 aromatic carbocycles. The van der Waals surface area contributed by atoms with Gasteiger partial charge < -0.3 is 10.2 Å². The van der Waals surface area contributed by atoms with Crippen molar-refractivity contribution in [2.24, 2.45) is 0 Å². The fourth-order valence-corrected chi connectivity index (χ4v) is 1.33. The second-order valence-corrected chi connectivity index (χ2v) is 3.15. The van der Waals surface area contributed by atoms with Crippen molar-refractivity contribution in [1.82, 2.24) is 14.6 Å². The van der Waals surface area contributed by atoms with Crippen LogP contribution in [-0.2, 0) is 9.59 Å². The Hall–Kier alpha value is -2.70. The molecule has 0 amide bonds. The molecule has 17 heavy (non-hydrogen) atoms.